The summed E-state index contributed by atoms with van der Waals surface area (Å²) >= 11 is 0. The van der Waals surface area contributed by atoms with Crippen molar-refractivity contribution in [1.29, 1.82) is 0 Å². The molecule has 0 N–H and O–H groups in total. The zero-order valence-electron chi connectivity index (χ0n) is 7.71. The molecule has 0 saturated carbocycles. The topological polar surface area (TPSA) is 14.1 Å². The monoisotopic (exact) mass is 229 g/mol. The minimum Gasteiger partial charge on any atom is -0.662 e. The fraction of sp³-hybridized carbons (Fsp3) is 1.00. The van der Waals surface area contributed by atoms with Gasteiger partial charge in [0.15, 0.2) is 0 Å². The molecule has 1 aliphatic rings. The van der Waals surface area contributed by atoms with Crippen LogP contribution in [0.1, 0.15) is 33.1 Å². The summed E-state index contributed by atoms with van der Waals surface area (Å²) in [5, 5.41) is 4.47. The van der Waals surface area contributed by atoms with Crippen LogP contribution < -0.4 is 0 Å². The van der Waals surface area contributed by atoms with Gasteiger partial charge in [-0.1, -0.05) is 39.0 Å². The van der Waals surface area contributed by atoms with Crippen molar-refractivity contribution in [2.45, 2.75) is 33.1 Å². The summed E-state index contributed by atoms with van der Waals surface area (Å²) in [7, 11) is 0. The molecule has 1 saturated heterocycles. The molecule has 1 fully saturated rings. The van der Waals surface area contributed by atoms with Gasteiger partial charge in [0.1, 0.15) is 0 Å². The molecule has 0 aromatic carbocycles. The smallest absolute Gasteiger partial charge is 0 e. The molecule has 1 unspecified atom stereocenters. The van der Waals surface area contributed by atoms with Gasteiger partial charge in [-0.15, -0.1) is 13.1 Å². The Balaban J connectivity index is 0.000001000. The van der Waals surface area contributed by atoms with E-state index in [9.17, 15) is 0 Å². The van der Waals surface area contributed by atoms with Gasteiger partial charge in [-0.3, -0.25) is 0 Å². The molecular formula is C9H18NY-. The van der Waals surface area contributed by atoms with Gasteiger partial charge in [-0.2, -0.15) is 0 Å². The first kappa shape index (κ1) is 12.1. The first-order chi connectivity index (χ1) is 4.80. The van der Waals surface area contributed by atoms with Crippen molar-refractivity contribution in [3.05, 3.63) is 5.32 Å². The maximum atomic E-state index is 4.47. The Bertz CT molecular complexity index is 85.6. The zero-order chi connectivity index (χ0) is 7.40. The molecule has 0 amide bonds. The SMILES string of the molecule is CC(C)C1CCCC[N-]C1.[Y]. The van der Waals surface area contributed by atoms with E-state index in [4.69, 9.17) is 0 Å². The van der Waals surface area contributed by atoms with E-state index in [1.54, 1.807) is 0 Å². The average molecular weight is 229 g/mol. The van der Waals surface area contributed by atoms with Crippen LogP contribution in [-0.2, 0) is 32.7 Å². The Morgan fingerprint density at radius 2 is 2.00 bits per heavy atom. The van der Waals surface area contributed by atoms with Crippen LogP contribution in [0.15, 0.2) is 0 Å². The first-order valence-electron chi connectivity index (χ1n) is 4.44. The van der Waals surface area contributed by atoms with Crippen molar-refractivity contribution < 1.29 is 32.7 Å². The summed E-state index contributed by atoms with van der Waals surface area (Å²) in [5.41, 5.74) is 0. The Labute approximate surface area is 95.6 Å². The molecule has 1 nitrogen and oxygen atoms in total. The maximum absolute atomic E-state index is 4.47. The van der Waals surface area contributed by atoms with Gasteiger partial charge < -0.3 is 5.32 Å². The Kier molecular flexibility index (Phi) is 7.20. The number of hydrogen-bond donors (Lipinski definition) is 0. The van der Waals surface area contributed by atoms with Crippen LogP contribution in [0.4, 0.5) is 0 Å². The van der Waals surface area contributed by atoms with Gasteiger partial charge in [0, 0.05) is 32.7 Å². The molecule has 0 spiro atoms. The minimum atomic E-state index is 0. The van der Waals surface area contributed by atoms with Crippen molar-refractivity contribution >= 4 is 0 Å². The molecule has 0 aromatic heterocycles. The molecule has 63 valence electrons. The fourth-order valence-corrected chi connectivity index (χ4v) is 1.52. The molecule has 1 heterocycles. The summed E-state index contributed by atoms with van der Waals surface area (Å²) in [6.07, 6.45) is 4.12. The predicted octanol–water partition coefficient (Wildman–Crippen LogP) is 2.81. The van der Waals surface area contributed by atoms with Crippen molar-refractivity contribution in [1.82, 2.24) is 0 Å². The van der Waals surface area contributed by atoms with Crippen molar-refractivity contribution in [3.63, 3.8) is 0 Å². The average Bonchev–Trinajstić information content (AvgIpc) is 2.12. The third kappa shape index (κ3) is 4.60. The molecule has 1 radical (unpaired) electrons. The standard InChI is InChI=1S/C9H18N.Y/c1-8(2)9-5-3-4-6-10-7-9;/h8-9H,3-7H2,1-2H3;/q-1;. The van der Waals surface area contributed by atoms with Crippen molar-refractivity contribution in [2.24, 2.45) is 11.8 Å². The van der Waals surface area contributed by atoms with Crippen LogP contribution in [0.5, 0.6) is 0 Å². The van der Waals surface area contributed by atoms with Gasteiger partial charge >= 0.3 is 0 Å². The zero-order valence-corrected chi connectivity index (χ0v) is 10.6. The maximum Gasteiger partial charge on any atom is 0 e. The normalized spacial score (nSPS) is 25.9. The number of nitrogens with zero attached hydrogens (tertiary/aromatic N) is 1. The quantitative estimate of drug-likeness (QED) is 0.656. The van der Waals surface area contributed by atoms with Crippen LogP contribution >= 0.6 is 0 Å². The van der Waals surface area contributed by atoms with Gasteiger partial charge in [0.25, 0.3) is 0 Å². The van der Waals surface area contributed by atoms with Crippen LogP contribution in [-0.4, -0.2) is 13.1 Å². The fourth-order valence-electron chi connectivity index (χ4n) is 1.52. The summed E-state index contributed by atoms with van der Waals surface area (Å²) in [6, 6.07) is 0. The molecule has 0 bridgehead atoms. The molecule has 1 aliphatic heterocycles. The van der Waals surface area contributed by atoms with E-state index in [-0.39, 0.29) is 32.7 Å². The van der Waals surface area contributed by atoms with Crippen molar-refractivity contribution in [3.8, 4) is 0 Å². The van der Waals surface area contributed by atoms with E-state index in [1.807, 2.05) is 0 Å². The molecule has 1 atom stereocenters. The molecule has 2 heteroatoms. The minimum absolute atomic E-state index is 0. The van der Waals surface area contributed by atoms with Crippen LogP contribution in [0.2, 0.25) is 0 Å². The third-order valence-corrected chi connectivity index (χ3v) is 2.45. The van der Waals surface area contributed by atoms with E-state index in [0.717, 1.165) is 24.9 Å². The molecule has 1 rings (SSSR count). The Hall–Kier alpha value is 1.06. The van der Waals surface area contributed by atoms with Gasteiger partial charge in [0.05, 0.1) is 0 Å². The second-order valence-corrected chi connectivity index (χ2v) is 3.63. The van der Waals surface area contributed by atoms with E-state index < -0.39 is 0 Å². The summed E-state index contributed by atoms with van der Waals surface area (Å²) < 4.78 is 0. The molecule has 0 aliphatic carbocycles. The Morgan fingerprint density at radius 1 is 1.27 bits per heavy atom. The second-order valence-electron chi connectivity index (χ2n) is 3.63. The van der Waals surface area contributed by atoms with E-state index in [2.05, 4.69) is 19.2 Å². The first-order valence-corrected chi connectivity index (χ1v) is 4.44. The molecule has 0 aromatic rings. The largest absolute Gasteiger partial charge is 0.662 e. The Morgan fingerprint density at radius 3 is 2.64 bits per heavy atom. The summed E-state index contributed by atoms with van der Waals surface area (Å²) in [6.45, 7) is 6.86. The number of rotatable bonds is 1. The summed E-state index contributed by atoms with van der Waals surface area (Å²) in [4.78, 5) is 0. The van der Waals surface area contributed by atoms with Crippen LogP contribution in [0.25, 0.3) is 5.32 Å². The van der Waals surface area contributed by atoms with Crippen LogP contribution in [0, 0.1) is 11.8 Å². The summed E-state index contributed by atoms with van der Waals surface area (Å²) in [5.74, 6) is 1.71. The molecular weight excluding hydrogens is 211 g/mol. The van der Waals surface area contributed by atoms with Gasteiger partial charge in [0.2, 0.25) is 0 Å². The predicted molar refractivity (Wildman–Crippen MR) is 45.3 cm³/mol. The van der Waals surface area contributed by atoms with E-state index in [0.29, 0.717) is 0 Å². The van der Waals surface area contributed by atoms with Crippen LogP contribution in [0.3, 0.4) is 0 Å². The van der Waals surface area contributed by atoms with Gasteiger partial charge in [-0.05, 0) is 5.92 Å². The second kappa shape index (κ2) is 6.57. The van der Waals surface area contributed by atoms with E-state index in [1.165, 1.54) is 19.3 Å². The molecule has 11 heavy (non-hydrogen) atoms. The third-order valence-electron chi connectivity index (χ3n) is 2.45. The van der Waals surface area contributed by atoms with E-state index >= 15 is 0 Å². The van der Waals surface area contributed by atoms with Crippen molar-refractivity contribution in [2.75, 3.05) is 13.1 Å². The van der Waals surface area contributed by atoms with Gasteiger partial charge in [-0.25, -0.2) is 0 Å². The number of hydrogen-bond acceptors (Lipinski definition) is 0.